The Bertz CT molecular complexity index is 292. The predicted octanol–water partition coefficient (Wildman–Crippen LogP) is 1.08. The maximum Gasteiger partial charge on any atom is 0.332 e. The summed E-state index contributed by atoms with van der Waals surface area (Å²) in [4.78, 5) is 13.2. The van der Waals surface area contributed by atoms with Crippen LogP contribution in [0, 0.1) is 0 Å². The second-order valence-electron chi connectivity index (χ2n) is 5.79. The number of nitrogens with zero attached hydrogens (tertiary/aromatic N) is 1. The van der Waals surface area contributed by atoms with E-state index in [2.05, 4.69) is 17.3 Å². The first-order valence-electron chi connectivity index (χ1n) is 7.46. The van der Waals surface area contributed by atoms with Gasteiger partial charge in [0, 0.05) is 25.7 Å². The Morgan fingerprint density at radius 3 is 2.68 bits per heavy atom. The van der Waals surface area contributed by atoms with Gasteiger partial charge in [-0.1, -0.05) is 12.8 Å². The van der Waals surface area contributed by atoms with Gasteiger partial charge in [-0.15, -0.1) is 0 Å². The quantitative estimate of drug-likeness (QED) is 0.678. The smallest absolute Gasteiger partial charge is 0.332 e. The van der Waals surface area contributed by atoms with Crippen molar-refractivity contribution in [1.82, 2.24) is 10.2 Å². The van der Waals surface area contributed by atoms with Crippen LogP contribution in [-0.2, 0) is 9.53 Å². The highest BCUT2D eigenvalue weighted by Crippen LogP contribution is 2.22. The largest absolute Gasteiger partial charge is 0.479 e. The molecule has 1 heterocycles. The number of ether oxygens (including phenoxy) is 1. The summed E-state index contributed by atoms with van der Waals surface area (Å²) in [7, 11) is 2.20. The van der Waals surface area contributed by atoms with Gasteiger partial charge in [-0.25, -0.2) is 4.79 Å². The molecule has 5 heteroatoms. The zero-order valence-electron chi connectivity index (χ0n) is 11.8. The van der Waals surface area contributed by atoms with Gasteiger partial charge in [0.05, 0.1) is 6.10 Å². The van der Waals surface area contributed by atoms with Crippen LogP contribution in [-0.4, -0.2) is 60.9 Å². The molecule has 1 saturated heterocycles. The van der Waals surface area contributed by atoms with Gasteiger partial charge in [-0.3, -0.25) is 0 Å². The van der Waals surface area contributed by atoms with E-state index in [0.29, 0.717) is 6.42 Å². The van der Waals surface area contributed by atoms with E-state index >= 15 is 0 Å². The highest BCUT2D eigenvalue weighted by molar-refractivity contribution is 5.72. The van der Waals surface area contributed by atoms with Crippen molar-refractivity contribution < 1.29 is 14.6 Å². The molecule has 0 amide bonds. The summed E-state index contributed by atoms with van der Waals surface area (Å²) in [6.45, 7) is 2.77. The van der Waals surface area contributed by atoms with Crippen molar-refractivity contribution in [3.63, 3.8) is 0 Å². The fourth-order valence-corrected chi connectivity index (χ4v) is 3.08. The topological polar surface area (TPSA) is 61.8 Å². The highest BCUT2D eigenvalue weighted by Gasteiger charge is 2.30. The Hall–Kier alpha value is -0.650. The summed E-state index contributed by atoms with van der Waals surface area (Å²) >= 11 is 0. The minimum atomic E-state index is -0.830. The van der Waals surface area contributed by atoms with Crippen LogP contribution < -0.4 is 5.32 Å². The number of aliphatic carboxylic acids is 1. The van der Waals surface area contributed by atoms with Gasteiger partial charge in [0.15, 0.2) is 6.10 Å². The molecule has 1 aliphatic carbocycles. The van der Waals surface area contributed by atoms with E-state index in [-0.39, 0.29) is 6.10 Å². The van der Waals surface area contributed by atoms with E-state index in [1.807, 2.05) is 0 Å². The van der Waals surface area contributed by atoms with Gasteiger partial charge in [-0.2, -0.15) is 0 Å². The molecule has 2 N–H and O–H groups in total. The summed E-state index contributed by atoms with van der Waals surface area (Å²) in [6, 6.07) is 0.765. The SMILES string of the molecule is CN(CCNCC1CCC(C(=O)O)O1)C1CCCC1. The second kappa shape index (κ2) is 7.22. The van der Waals surface area contributed by atoms with Crippen LogP contribution in [0.25, 0.3) is 0 Å². The van der Waals surface area contributed by atoms with Crippen LogP contribution in [0.5, 0.6) is 0 Å². The highest BCUT2D eigenvalue weighted by atomic mass is 16.5. The van der Waals surface area contributed by atoms with E-state index in [0.717, 1.165) is 32.1 Å². The van der Waals surface area contributed by atoms with Crippen molar-refractivity contribution in [3.8, 4) is 0 Å². The van der Waals surface area contributed by atoms with Crippen LogP contribution >= 0.6 is 0 Å². The lowest BCUT2D eigenvalue weighted by Gasteiger charge is -2.24. The Labute approximate surface area is 115 Å². The zero-order chi connectivity index (χ0) is 13.7. The number of carboxylic acid groups (broad SMARTS) is 1. The molecular formula is C14H26N2O3. The Morgan fingerprint density at radius 1 is 1.32 bits per heavy atom. The molecule has 2 aliphatic rings. The predicted molar refractivity (Wildman–Crippen MR) is 73.3 cm³/mol. The molecule has 0 bridgehead atoms. The number of hydrogen-bond acceptors (Lipinski definition) is 4. The molecule has 110 valence electrons. The fourth-order valence-electron chi connectivity index (χ4n) is 3.08. The average Bonchev–Trinajstić information content (AvgIpc) is 3.05. The van der Waals surface area contributed by atoms with Gasteiger partial charge >= 0.3 is 5.97 Å². The van der Waals surface area contributed by atoms with E-state index < -0.39 is 12.1 Å². The number of likely N-dealkylation sites (N-methyl/N-ethyl adjacent to an activating group) is 1. The number of carboxylic acids is 1. The van der Waals surface area contributed by atoms with Crippen molar-refractivity contribution in [2.45, 2.75) is 56.8 Å². The van der Waals surface area contributed by atoms with Crippen LogP contribution in [0.4, 0.5) is 0 Å². The monoisotopic (exact) mass is 270 g/mol. The Kier molecular flexibility index (Phi) is 5.60. The molecule has 1 aliphatic heterocycles. The van der Waals surface area contributed by atoms with E-state index in [9.17, 15) is 4.79 Å². The molecule has 0 aromatic carbocycles. The molecule has 19 heavy (non-hydrogen) atoms. The molecular weight excluding hydrogens is 244 g/mol. The minimum Gasteiger partial charge on any atom is -0.479 e. The summed E-state index contributed by atoms with van der Waals surface area (Å²) in [5, 5.41) is 12.2. The van der Waals surface area contributed by atoms with Crippen LogP contribution in [0.1, 0.15) is 38.5 Å². The fraction of sp³-hybridized carbons (Fsp3) is 0.929. The maximum atomic E-state index is 10.8. The van der Waals surface area contributed by atoms with Gasteiger partial charge in [-0.05, 0) is 32.7 Å². The summed E-state index contributed by atoms with van der Waals surface area (Å²) in [5.74, 6) is -0.830. The van der Waals surface area contributed by atoms with Crippen LogP contribution in [0.15, 0.2) is 0 Å². The summed E-state index contributed by atoms with van der Waals surface area (Å²) < 4.78 is 5.45. The molecule has 2 fully saturated rings. The van der Waals surface area contributed by atoms with E-state index in [4.69, 9.17) is 9.84 Å². The average molecular weight is 270 g/mol. The third-order valence-electron chi connectivity index (χ3n) is 4.34. The first kappa shape index (κ1) is 14.8. The maximum absolute atomic E-state index is 10.8. The molecule has 5 nitrogen and oxygen atoms in total. The lowest BCUT2D eigenvalue weighted by atomic mass is 10.2. The van der Waals surface area contributed by atoms with E-state index in [1.165, 1.54) is 25.7 Å². The van der Waals surface area contributed by atoms with Crippen molar-refractivity contribution >= 4 is 5.97 Å². The summed E-state index contributed by atoms with van der Waals surface area (Å²) in [6.07, 6.45) is 6.38. The van der Waals surface area contributed by atoms with Crippen LogP contribution in [0.3, 0.4) is 0 Å². The minimum absolute atomic E-state index is 0.0675. The van der Waals surface area contributed by atoms with Crippen molar-refractivity contribution in [1.29, 1.82) is 0 Å². The Morgan fingerprint density at radius 2 is 2.05 bits per heavy atom. The summed E-state index contributed by atoms with van der Waals surface area (Å²) in [5.41, 5.74) is 0. The number of carbonyl (C=O) groups is 1. The van der Waals surface area contributed by atoms with Gasteiger partial charge in [0.1, 0.15) is 0 Å². The molecule has 2 rings (SSSR count). The molecule has 0 spiro atoms. The van der Waals surface area contributed by atoms with Gasteiger partial charge < -0.3 is 20.1 Å². The van der Waals surface area contributed by atoms with E-state index in [1.54, 1.807) is 0 Å². The Balaban J connectivity index is 1.53. The first-order chi connectivity index (χ1) is 9.16. The van der Waals surface area contributed by atoms with Crippen molar-refractivity contribution in [2.24, 2.45) is 0 Å². The van der Waals surface area contributed by atoms with Gasteiger partial charge in [0.25, 0.3) is 0 Å². The third-order valence-corrected chi connectivity index (χ3v) is 4.34. The number of hydrogen-bond donors (Lipinski definition) is 2. The standard InChI is InChI=1S/C14H26N2O3/c1-16(11-4-2-3-5-11)9-8-15-10-12-6-7-13(19-12)14(17)18/h11-13,15H,2-10H2,1H3,(H,17,18). The molecule has 2 atom stereocenters. The van der Waals surface area contributed by atoms with Gasteiger partial charge in [0.2, 0.25) is 0 Å². The molecule has 2 unspecified atom stereocenters. The second-order valence-corrected chi connectivity index (χ2v) is 5.79. The zero-order valence-corrected chi connectivity index (χ0v) is 11.8. The lowest BCUT2D eigenvalue weighted by Crippen LogP contribution is -2.37. The first-order valence-corrected chi connectivity index (χ1v) is 7.46. The number of rotatable bonds is 7. The lowest BCUT2D eigenvalue weighted by molar-refractivity contribution is -0.149. The normalized spacial score (nSPS) is 28.3. The third kappa shape index (κ3) is 4.44. The van der Waals surface area contributed by atoms with Crippen LogP contribution in [0.2, 0.25) is 0 Å². The van der Waals surface area contributed by atoms with Crippen molar-refractivity contribution in [3.05, 3.63) is 0 Å². The molecule has 0 aromatic heterocycles. The van der Waals surface area contributed by atoms with Crippen molar-refractivity contribution in [2.75, 3.05) is 26.7 Å². The molecule has 1 saturated carbocycles. The molecule has 0 aromatic rings. The number of nitrogens with one attached hydrogen (secondary N) is 1. The molecule has 0 radical (unpaired) electrons.